The van der Waals surface area contributed by atoms with Gasteiger partial charge in [0.15, 0.2) is 6.61 Å². The first-order chi connectivity index (χ1) is 11.3. The van der Waals surface area contributed by atoms with Gasteiger partial charge in [-0.05, 0) is 56.4 Å². The maximum absolute atomic E-state index is 12.1. The smallest absolute Gasteiger partial charge is 0.258 e. The topological polar surface area (TPSA) is 67.4 Å². The Morgan fingerprint density at radius 3 is 2.25 bits per heavy atom. The van der Waals surface area contributed by atoms with Crippen molar-refractivity contribution in [3.8, 4) is 5.75 Å². The first-order valence-corrected chi connectivity index (χ1v) is 8.72. The van der Waals surface area contributed by atoms with E-state index in [2.05, 4.69) is 10.6 Å². The van der Waals surface area contributed by atoms with Crippen LogP contribution in [0.2, 0.25) is 5.02 Å². The molecular formula is C18H21ClN2O3. The Labute approximate surface area is 146 Å². The van der Waals surface area contributed by atoms with Gasteiger partial charge >= 0.3 is 0 Å². The van der Waals surface area contributed by atoms with E-state index in [4.69, 9.17) is 16.3 Å². The Kier molecular flexibility index (Phi) is 3.36. The number of halogens is 1. The molecule has 0 unspecified atom stereocenters. The van der Waals surface area contributed by atoms with E-state index in [0.29, 0.717) is 10.8 Å². The zero-order chi connectivity index (χ0) is 17.0. The van der Waals surface area contributed by atoms with Crippen LogP contribution in [0.5, 0.6) is 5.75 Å². The number of rotatable bonds is 6. The van der Waals surface area contributed by atoms with Gasteiger partial charge in [0.2, 0.25) is 5.91 Å². The summed E-state index contributed by atoms with van der Waals surface area (Å²) in [6, 6.07) is 6.92. The average Bonchev–Trinajstić information content (AvgIpc) is 3.22. The minimum Gasteiger partial charge on any atom is -0.484 e. The summed E-state index contributed by atoms with van der Waals surface area (Å²) in [5, 5.41) is 6.87. The highest BCUT2D eigenvalue weighted by Gasteiger charge is 2.70. The Bertz CT molecular complexity index is 677. The third-order valence-corrected chi connectivity index (χ3v) is 5.80. The van der Waals surface area contributed by atoms with Crippen LogP contribution in [0, 0.1) is 5.41 Å². The van der Waals surface area contributed by atoms with Crippen molar-refractivity contribution in [3.05, 3.63) is 29.3 Å². The summed E-state index contributed by atoms with van der Waals surface area (Å²) in [6.07, 6.45) is 4.45. The van der Waals surface area contributed by atoms with Gasteiger partial charge in [0.05, 0.1) is 0 Å². The summed E-state index contributed by atoms with van der Waals surface area (Å²) in [5.74, 6) is 0.667. The van der Waals surface area contributed by atoms with Gasteiger partial charge in [-0.15, -0.1) is 0 Å². The standard InChI is InChI=1S/C18H21ClN2O3/c1-16(6-7-16)15(23)21-18-9-17(10-18,11-18)20-14(22)8-24-13-4-2-12(19)3-5-13/h2-5H,6-11H2,1H3,(H,20,22)(H,21,23). The van der Waals surface area contributed by atoms with Crippen LogP contribution in [0.4, 0.5) is 0 Å². The van der Waals surface area contributed by atoms with E-state index in [0.717, 1.165) is 32.1 Å². The fourth-order valence-electron chi connectivity index (χ4n) is 3.87. The lowest BCUT2D eigenvalue weighted by atomic mass is 9.44. The van der Waals surface area contributed by atoms with Gasteiger partial charge in [-0.1, -0.05) is 18.5 Å². The van der Waals surface area contributed by atoms with Crippen LogP contribution in [0.25, 0.3) is 0 Å². The predicted octanol–water partition coefficient (Wildman–Crippen LogP) is 2.43. The maximum atomic E-state index is 12.1. The molecule has 0 atom stereocenters. The number of benzene rings is 1. The fourth-order valence-corrected chi connectivity index (χ4v) is 4.00. The molecule has 24 heavy (non-hydrogen) atoms. The minimum absolute atomic E-state index is 0.0131. The van der Waals surface area contributed by atoms with Crippen molar-refractivity contribution in [1.29, 1.82) is 0 Å². The number of hydrogen-bond donors (Lipinski definition) is 2. The molecule has 4 fully saturated rings. The summed E-state index contributed by atoms with van der Waals surface area (Å²) in [6.45, 7) is 2.00. The first kappa shape index (κ1) is 15.8. The highest BCUT2D eigenvalue weighted by atomic mass is 35.5. The van der Waals surface area contributed by atoms with Gasteiger partial charge in [-0.25, -0.2) is 0 Å². The van der Waals surface area contributed by atoms with Crippen LogP contribution in [0.1, 0.15) is 39.0 Å². The van der Waals surface area contributed by atoms with Gasteiger partial charge < -0.3 is 15.4 Å². The third kappa shape index (κ3) is 2.75. The second kappa shape index (κ2) is 5.12. The van der Waals surface area contributed by atoms with E-state index in [1.165, 1.54) is 0 Å². The van der Waals surface area contributed by atoms with Crippen molar-refractivity contribution in [2.24, 2.45) is 5.41 Å². The van der Waals surface area contributed by atoms with Crippen LogP contribution in [-0.2, 0) is 9.59 Å². The summed E-state index contributed by atoms with van der Waals surface area (Å²) in [7, 11) is 0. The Hall–Kier alpha value is -1.75. The molecule has 4 saturated carbocycles. The van der Waals surface area contributed by atoms with Gasteiger partial charge in [-0.3, -0.25) is 9.59 Å². The molecule has 5 rings (SSSR count). The van der Waals surface area contributed by atoms with Gasteiger partial charge in [0, 0.05) is 21.5 Å². The second-order valence-corrected chi connectivity index (χ2v) is 8.33. The summed E-state index contributed by atoms with van der Waals surface area (Å²) in [5.41, 5.74) is -0.358. The van der Waals surface area contributed by atoms with E-state index in [9.17, 15) is 9.59 Å². The zero-order valence-electron chi connectivity index (χ0n) is 13.7. The Balaban J connectivity index is 1.21. The molecular weight excluding hydrogens is 328 g/mol. The van der Waals surface area contributed by atoms with Crippen LogP contribution in [0.3, 0.4) is 0 Å². The number of ether oxygens (including phenoxy) is 1. The van der Waals surface area contributed by atoms with E-state index in [1.54, 1.807) is 24.3 Å². The van der Waals surface area contributed by atoms with E-state index >= 15 is 0 Å². The molecule has 0 heterocycles. The number of carbonyl (C=O) groups excluding carboxylic acids is 2. The molecule has 4 aliphatic carbocycles. The lowest BCUT2D eigenvalue weighted by molar-refractivity contribution is -0.152. The van der Waals surface area contributed by atoms with Crippen molar-refractivity contribution in [2.75, 3.05) is 6.61 Å². The fraction of sp³-hybridized carbons (Fsp3) is 0.556. The van der Waals surface area contributed by atoms with Crippen molar-refractivity contribution in [2.45, 2.75) is 50.1 Å². The van der Waals surface area contributed by atoms with Gasteiger partial charge in [0.1, 0.15) is 5.75 Å². The number of nitrogens with one attached hydrogen (secondary N) is 2. The van der Waals surface area contributed by atoms with Crippen LogP contribution in [0.15, 0.2) is 24.3 Å². The normalized spacial score (nSPS) is 31.2. The minimum atomic E-state index is -0.141. The molecule has 1 aromatic rings. The van der Waals surface area contributed by atoms with E-state index in [-0.39, 0.29) is 34.9 Å². The SMILES string of the molecule is CC1(C(=O)NC23CC(NC(=O)COc4ccc(Cl)cc4)(C2)C3)CC1. The third-order valence-electron chi connectivity index (χ3n) is 5.55. The lowest BCUT2D eigenvalue weighted by Crippen LogP contribution is -2.84. The molecule has 2 N–H and O–H groups in total. The largest absolute Gasteiger partial charge is 0.484 e. The van der Waals surface area contributed by atoms with E-state index in [1.807, 2.05) is 6.92 Å². The molecule has 6 heteroatoms. The summed E-state index contributed by atoms with van der Waals surface area (Å²) in [4.78, 5) is 24.2. The molecule has 0 saturated heterocycles. The Morgan fingerprint density at radius 2 is 1.67 bits per heavy atom. The van der Waals surface area contributed by atoms with Crippen LogP contribution >= 0.6 is 11.6 Å². The average molecular weight is 349 g/mol. The van der Waals surface area contributed by atoms with Crippen LogP contribution in [-0.4, -0.2) is 29.5 Å². The highest BCUT2D eigenvalue weighted by Crippen LogP contribution is 2.61. The predicted molar refractivity (Wildman–Crippen MR) is 89.9 cm³/mol. The van der Waals surface area contributed by atoms with Gasteiger partial charge in [-0.2, -0.15) is 0 Å². The molecule has 0 radical (unpaired) electrons. The molecule has 2 bridgehead atoms. The van der Waals surface area contributed by atoms with Crippen molar-refractivity contribution in [3.63, 3.8) is 0 Å². The molecule has 0 aromatic heterocycles. The van der Waals surface area contributed by atoms with Crippen molar-refractivity contribution in [1.82, 2.24) is 10.6 Å². The molecule has 5 nitrogen and oxygen atoms in total. The number of carbonyl (C=O) groups is 2. The number of amides is 2. The lowest BCUT2D eigenvalue weighted by Gasteiger charge is -2.70. The highest BCUT2D eigenvalue weighted by molar-refractivity contribution is 6.30. The monoisotopic (exact) mass is 348 g/mol. The molecule has 128 valence electrons. The zero-order valence-corrected chi connectivity index (χ0v) is 14.4. The van der Waals surface area contributed by atoms with Crippen LogP contribution < -0.4 is 15.4 Å². The molecule has 0 aliphatic heterocycles. The van der Waals surface area contributed by atoms with Gasteiger partial charge in [0.25, 0.3) is 5.91 Å². The number of hydrogen-bond acceptors (Lipinski definition) is 3. The molecule has 2 amide bonds. The van der Waals surface area contributed by atoms with Crippen molar-refractivity contribution >= 4 is 23.4 Å². The first-order valence-electron chi connectivity index (χ1n) is 8.34. The summed E-state index contributed by atoms with van der Waals surface area (Å²) < 4.78 is 5.46. The quantitative estimate of drug-likeness (QED) is 0.829. The molecule has 1 aromatic carbocycles. The summed E-state index contributed by atoms with van der Waals surface area (Å²) >= 11 is 5.81. The maximum Gasteiger partial charge on any atom is 0.258 e. The molecule has 0 spiro atoms. The second-order valence-electron chi connectivity index (χ2n) is 7.90. The van der Waals surface area contributed by atoms with Crippen molar-refractivity contribution < 1.29 is 14.3 Å². The van der Waals surface area contributed by atoms with E-state index < -0.39 is 0 Å². The Morgan fingerprint density at radius 1 is 1.08 bits per heavy atom. The molecule has 4 aliphatic rings.